The van der Waals surface area contributed by atoms with Crippen LogP contribution in [0.25, 0.3) is 0 Å². The molecule has 2 amide bonds. The molecule has 180 valence electrons. The summed E-state index contributed by atoms with van der Waals surface area (Å²) < 4.78 is 43.4. The molecule has 2 atom stereocenters. The Hall–Kier alpha value is -2.78. The smallest absolute Gasteiger partial charge is 0.416 e. The van der Waals surface area contributed by atoms with Gasteiger partial charge in [0.05, 0.1) is 12.1 Å². The molecule has 10 heteroatoms. The van der Waals surface area contributed by atoms with Gasteiger partial charge in [-0.2, -0.15) is 18.2 Å². The van der Waals surface area contributed by atoms with Crippen molar-refractivity contribution in [3.05, 3.63) is 29.8 Å². The largest absolute Gasteiger partial charge is 0.436 e. The highest BCUT2D eigenvalue weighted by Gasteiger charge is 2.32. The van der Waals surface area contributed by atoms with Gasteiger partial charge in [-0.15, -0.1) is 0 Å². The topological polar surface area (TPSA) is 84.9 Å². The van der Waals surface area contributed by atoms with Crippen molar-refractivity contribution in [1.29, 1.82) is 0 Å². The van der Waals surface area contributed by atoms with E-state index in [1.807, 2.05) is 27.7 Å². The number of carbonyl (C=O) groups excluding carboxylic acids is 3. The Morgan fingerprint density at radius 3 is 2.09 bits per heavy atom. The third kappa shape index (κ3) is 9.57. The Morgan fingerprint density at radius 1 is 1.09 bits per heavy atom. The van der Waals surface area contributed by atoms with Crippen molar-refractivity contribution in [1.82, 2.24) is 5.06 Å². The molecule has 1 aromatic rings. The maximum atomic E-state index is 12.9. The molecule has 0 saturated carbocycles. The molecule has 1 aromatic carbocycles. The molecule has 0 aromatic heterocycles. The van der Waals surface area contributed by atoms with Crippen molar-refractivity contribution in [3.63, 3.8) is 0 Å². The molecule has 0 spiro atoms. The molecule has 0 radical (unpaired) electrons. The molecule has 1 rings (SSSR count). The SMILES string of the molecule is CCN(OC(C)=O)C(=O)[C@H](CC(C)CC(C)(C)C)OC(=O)Nc1ccc(C(F)(F)F)cc1. The van der Waals surface area contributed by atoms with E-state index in [2.05, 4.69) is 5.32 Å². The third-order valence-electron chi connectivity index (χ3n) is 4.33. The Morgan fingerprint density at radius 2 is 1.66 bits per heavy atom. The Kier molecular flexibility index (Phi) is 9.53. The molecule has 1 unspecified atom stereocenters. The number of anilines is 1. The number of carbonyl (C=O) groups is 3. The zero-order valence-corrected chi connectivity index (χ0v) is 19.2. The van der Waals surface area contributed by atoms with Gasteiger partial charge in [-0.05, 0) is 55.4 Å². The van der Waals surface area contributed by atoms with E-state index in [9.17, 15) is 27.6 Å². The summed E-state index contributed by atoms with van der Waals surface area (Å²) in [6.45, 7) is 10.8. The van der Waals surface area contributed by atoms with Crippen LogP contribution in [0.4, 0.5) is 23.7 Å². The summed E-state index contributed by atoms with van der Waals surface area (Å²) in [6, 6.07) is 3.81. The number of ether oxygens (including phenoxy) is 1. The minimum absolute atomic E-state index is 0.0150. The molecule has 0 heterocycles. The number of hydrogen-bond acceptors (Lipinski definition) is 5. The molecule has 0 fully saturated rings. The second kappa shape index (κ2) is 11.2. The van der Waals surface area contributed by atoms with Crippen LogP contribution < -0.4 is 5.32 Å². The highest BCUT2D eigenvalue weighted by atomic mass is 19.4. The van der Waals surface area contributed by atoms with Crippen LogP contribution in [0.1, 0.15) is 59.9 Å². The first-order valence-electron chi connectivity index (χ1n) is 10.3. The Bertz CT molecular complexity index is 788. The molecule has 7 nitrogen and oxygen atoms in total. The predicted molar refractivity (Wildman–Crippen MR) is 112 cm³/mol. The van der Waals surface area contributed by atoms with Crippen molar-refractivity contribution in [2.45, 2.75) is 66.7 Å². The van der Waals surface area contributed by atoms with Gasteiger partial charge in [0, 0.05) is 12.6 Å². The van der Waals surface area contributed by atoms with E-state index in [1.165, 1.54) is 0 Å². The fraction of sp³-hybridized carbons (Fsp3) is 0.591. The molecule has 0 saturated heterocycles. The van der Waals surface area contributed by atoms with E-state index >= 15 is 0 Å². The molecule has 0 bridgehead atoms. The van der Waals surface area contributed by atoms with Gasteiger partial charge < -0.3 is 9.57 Å². The first-order valence-corrected chi connectivity index (χ1v) is 10.3. The maximum Gasteiger partial charge on any atom is 0.416 e. The summed E-state index contributed by atoms with van der Waals surface area (Å²) in [5.74, 6) is -1.42. The van der Waals surface area contributed by atoms with Crippen molar-refractivity contribution in [2.75, 3.05) is 11.9 Å². The van der Waals surface area contributed by atoms with E-state index in [4.69, 9.17) is 9.57 Å². The van der Waals surface area contributed by atoms with E-state index < -0.39 is 35.8 Å². The van der Waals surface area contributed by atoms with Gasteiger partial charge in [-0.1, -0.05) is 27.7 Å². The summed E-state index contributed by atoms with van der Waals surface area (Å²) in [4.78, 5) is 41.4. The van der Waals surface area contributed by atoms with Gasteiger partial charge in [-0.3, -0.25) is 14.9 Å². The second-order valence-corrected chi connectivity index (χ2v) is 8.82. The highest BCUT2D eigenvalue weighted by molar-refractivity contribution is 5.89. The van der Waals surface area contributed by atoms with Gasteiger partial charge in [-0.25, -0.2) is 4.79 Å². The number of likely N-dealkylation sites (N-methyl/N-ethyl adjacent to an activating group) is 1. The fourth-order valence-electron chi connectivity index (χ4n) is 3.29. The van der Waals surface area contributed by atoms with Crippen molar-refractivity contribution in [3.8, 4) is 0 Å². The van der Waals surface area contributed by atoms with Gasteiger partial charge in [0.2, 0.25) is 0 Å². The lowest BCUT2D eigenvalue weighted by Crippen LogP contribution is -2.43. The number of amides is 2. The minimum Gasteiger partial charge on any atom is -0.436 e. The average Bonchev–Trinajstić information content (AvgIpc) is 2.63. The lowest BCUT2D eigenvalue weighted by atomic mass is 9.83. The summed E-state index contributed by atoms with van der Waals surface area (Å²) in [7, 11) is 0. The summed E-state index contributed by atoms with van der Waals surface area (Å²) in [5.41, 5.74) is -0.819. The molecule has 32 heavy (non-hydrogen) atoms. The fourth-order valence-corrected chi connectivity index (χ4v) is 3.29. The van der Waals surface area contributed by atoms with Gasteiger partial charge >= 0.3 is 18.2 Å². The quantitative estimate of drug-likeness (QED) is 0.550. The number of nitrogens with zero attached hydrogens (tertiary/aromatic N) is 1. The molecular weight excluding hydrogens is 429 g/mol. The van der Waals surface area contributed by atoms with Gasteiger partial charge in [0.1, 0.15) is 0 Å². The lowest BCUT2D eigenvalue weighted by molar-refractivity contribution is -0.200. The zero-order chi connectivity index (χ0) is 24.7. The number of nitrogens with one attached hydrogen (secondary N) is 1. The van der Waals surface area contributed by atoms with Crippen LogP contribution in [0, 0.1) is 11.3 Å². The summed E-state index contributed by atoms with van der Waals surface area (Å²) in [5, 5.41) is 3.14. The van der Waals surface area contributed by atoms with E-state index in [-0.39, 0.29) is 30.0 Å². The standard InChI is InChI=1S/C22H31F3N2O5/c1-7-27(32-15(3)28)19(29)18(12-14(2)13-21(4,5)6)31-20(30)26-17-10-8-16(9-11-17)22(23,24)25/h8-11,14,18H,7,12-13H2,1-6H3,(H,26,30)/t14?,18-/m0/s1. The normalized spacial score (nSPS) is 13.7. The highest BCUT2D eigenvalue weighted by Crippen LogP contribution is 2.30. The van der Waals surface area contributed by atoms with Crippen LogP contribution in [-0.4, -0.2) is 35.7 Å². The van der Waals surface area contributed by atoms with Gasteiger partial charge in [0.15, 0.2) is 6.10 Å². The molecule has 0 aliphatic carbocycles. The second-order valence-electron chi connectivity index (χ2n) is 8.82. The molecule has 0 aliphatic heterocycles. The van der Waals surface area contributed by atoms with Crippen molar-refractivity contribution in [2.24, 2.45) is 11.3 Å². The zero-order valence-electron chi connectivity index (χ0n) is 19.2. The first kappa shape index (κ1) is 27.3. The van der Waals surface area contributed by atoms with Crippen molar-refractivity contribution < 1.29 is 37.1 Å². The van der Waals surface area contributed by atoms with E-state index in [1.54, 1.807) is 6.92 Å². The number of rotatable bonds is 7. The number of hydroxylamine groups is 2. The Labute approximate surface area is 186 Å². The maximum absolute atomic E-state index is 12.9. The number of hydrogen-bond donors (Lipinski definition) is 1. The third-order valence-corrected chi connectivity index (χ3v) is 4.33. The Balaban J connectivity index is 2.96. The number of alkyl halides is 3. The lowest BCUT2D eigenvalue weighted by Gasteiger charge is -2.28. The van der Waals surface area contributed by atoms with Crippen molar-refractivity contribution >= 4 is 23.7 Å². The van der Waals surface area contributed by atoms with Crippen LogP contribution in [-0.2, 0) is 25.3 Å². The predicted octanol–water partition coefficient (Wildman–Crippen LogP) is 5.41. The van der Waals surface area contributed by atoms with Crippen LogP contribution in [0.2, 0.25) is 0 Å². The monoisotopic (exact) mass is 460 g/mol. The molecule has 1 N–H and O–H groups in total. The number of halogens is 3. The average molecular weight is 460 g/mol. The molecule has 0 aliphatic rings. The van der Waals surface area contributed by atoms with Crippen LogP contribution >= 0.6 is 0 Å². The van der Waals surface area contributed by atoms with E-state index in [0.29, 0.717) is 0 Å². The summed E-state index contributed by atoms with van der Waals surface area (Å²) >= 11 is 0. The molecular formula is C22H31F3N2O5. The minimum atomic E-state index is -4.50. The summed E-state index contributed by atoms with van der Waals surface area (Å²) in [6.07, 6.45) is -5.85. The van der Waals surface area contributed by atoms with Gasteiger partial charge in [0.25, 0.3) is 5.91 Å². The van der Waals surface area contributed by atoms with E-state index in [0.717, 1.165) is 42.7 Å². The van der Waals surface area contributed by atoms with Crippen LogP contribution in [0.15, 0.2) is 24.3 Å². The first-order chi connectivity index (χ1) is 14.6. The number of benzene rings is 1. The van der Waals surface area contributed by atoms with Crippen LogP contribution in [0.3, 0.4) is 0 Å². The van der Waals surface area contributed by atoms with Crippen LogP contribution in [0.5, 0.6) is 0 Å².